The minimum absolute atomic E-state index is 0.0939. The van der Waals surface area contributed by atoms with Gasteiger partial charge in [0, 0.05) is 23.6 Å². The minimum Gasteiger partial charge on any atom is -0.484 e. The van der Waals surface area contributed by atoms with Crippen molar-refractivity contribution in [3.05, 3.63) is 89.7 Å². The molecular formula is C22H20N4O3. The Kier molecular flexibility index (Phi) is 6.67. The zero-order valence-electron chi connectivity index (χ0n) is 15.8. The van der Waals surface area contributed by atoms with Gasteiger partial charge >= 0.3 is 0 Å². The monoisotopic (exact) mass is 388 g/mol. The van der Waals surface area contributed by atoms with Crippen molar-refractivity contribution in [3.63, 3.8) is 0 Å². The Bertz CT molecular complexity index is 985. The summed E-state index contributed by atoms with van der Waals surface area (Å²) in [6.45, 7) is 1.89. The number of rotatable bonds is 7. The lowest BCUT2D eigenvalue weighted by Crippen LogP contribution is -2.20. The summed E-state index contributed by atoms with van der Waals surface area (Å²) in [6, 6.07) is 17.7. The first kappa shape index (κ1) is 19.8. The summed E-state index contributed by atoms with van der Waals surface area (Å²) in [5.41, 5.74) is 5.55. The molecule has 2 N–H and O–H groups in total. The van der Waals surface area contributed by atoms with Crippen LogP contribution in [0.4, 0.5) is 5.69 Å². The minimum atomic E-state index is -0.316. The van der Waals surface area contributed by atoms with Crippen LogP contribution in [-0.2, 0) is 4.79 Å². The zero-order valence-corrected chi connectivity index (χ0v) is 15.8. The Labute approximate surface area is 168 Å². The molecule has 1 aromatic heterocycles. The van der Waals surface area contributed by atoms with Crippen molar-refractivity contribution in [3.8, 4) is 5.75 Å². The van der Waals surface area contributed by atoms with E-state index in [0.717, 1.165) is 16.8 Å². The van der Waals surface area contributed by atoms with Crippen molar-refractivity contribution >= 4 is 23.7 Å². The molecule has 7 nitrogen and oxygen atoms in total. The van der Waals surface area contributed by atoms with Crippen LogP contribution in [0, 0.1) is 6.92 Å². The van der Waals surface area contributed by atoms with Gasteiger partial charge in [-0.1, -0.05) is 17.7 Å². The van der Waals surface area contributed by atoms with Crippen LogP contribution >= 0.6 is 0 Å². The Morgan fingerprint density at radius 1 is 1.00 bits per heavy atom. The van der Waals surface area contributed by atoms with E-state index >= 15 is 0 Å². The first-order valence-corrected chi connectivity index (χ1v) is 8.93. The van der Waals surface area contributed by atoms with Gasteiger partial charge in [0.2, 0.25) is 0 Å². The Morgan fingerprint density at radius 2 is 1.69 bits per heavy atom. The number of nitrogens with one attached hydrogen (secondary N) is 2. The highest BCUT2D eigenvalue weighted by Crippen LogP contribution is 2.12. The van der Waals surface area contributed by atoms with E-state index in [0.29, 0.717) is 11.3 Å². The summed E-state index contributed by atoms with van der Waals surface area (Å²) >= 11 is 0. The van der Waals surface area contributed by atoms with Gasteiger partial charge in [-0.15, -0.1) is 0 Å². The fraction of sp³-hybridized carbons (Fsp3) is 0.0909. The van der Waals surface area contributed by atoms with Crippen LogP contribution in [0.15, 0.2) is 78.2 Å². The SMILES string of the molecule is Cc1ccc(NC(=O)COc2ccc(/C=N/NC(=O)c3ccncc3)cc2)cc1. The highest BCUT2D eigenvalue weighted by Gasteiger charge is 2.04. The van der Waals surface area contributed by atoms with Gasteiger partial charge < -0.3 is 10.1 Å². The summed E-state index contributed by atoms with van der Waals surface area (Å²) < 4.78 is 5.49. The third-order valence-corrected chi connectivity index (χ3v) is 3.91. The van der Waals surface area contributed by atoms with E-state index < -0.39 is 0 Å². The van der Waals surface area contributed by atoms with E-state index in [2.05, 4.69) is 20.8 Å². The van der Waals surface area contributed by atoms with Crippen LogP contribution < -0.4 is 15.5 Å². The third kappa shape index (κ3) is 6.28. The molecule has 1 heterocycles. The van der Waals surface area contributed by atoms with E-state index in [1.165, 1.54) is 6.21 Å². The van der Waals surface area contributed by atoms with Gasteiger partial charge in [-0.3, -0.25) is 14.6 Å². The number of aryl methyl sites for hydroxylation is 1. The number of hydrogen-bond donors (Lipinski definition) is 2. The van der Waals surface area contributed by atoms with Gasteiger partial charge in [0.15, 0.2) is 6.61 Å². The summed E-state index contributed by atoms with van der Waals surface area (Å²) in [5.74, 6) is 0.00327. The molecule has 0 aliphatic rings. The zero-order chi connectivity index (χ0) is 20.5. The number of aromatic nitrogens is 1. The molecule has 146 valence electrons. The highest BCUT2D eigenvalue weighted by atomic mass is 16.5. The molecule has 0 spiro atoms. The molecule has 0 saturated carbocycles. The molecule has 0 bridgehead atoms. The molecular weight excluding hydrogens is 368 g/mol. The van der Waals surface area contributed by atoms with Crippen molar-refractivity contribution in [2.24, 2.45) is 5.10 Å². The highest BCUT2D eigenvalue weighted by molar-refractivity contribution is 5.94. The van der Waals surface area contributed by atoms with Gasteiger partial charge in [0.05, 0.1) is 6.21 Å². The Morgan fingerprint density at radius 3 is 2.38 bits per heavy atom. The molecule has 0 saturated heterocycles. The van der Waals surface area contributed by atoms with Gasteiger partial charge in [-0.2, -0.15) is 5.10 Å². The van der Waals surface area contributed by atoms with E-state index in [4.69, 9.17) is 4.74 Å². The fourth-order valence-corrected chi connectivity index (χ4v) is 2.37. The second kappa shape index (κ2) is 9.80. The summed E-state index contributed by atoms with van der Waals surface area (Å²) in [7, 11) is 0. The molecule has 0 aliphatic carbocycles. The first-order chi connectivity index (χ1) is 14.1. The molecule has 0 fully saturated rings. The molecule has 0 aliphatic heterocycles. The number of amides is 2. The van der Waals surface area contributed by atoms with Gasteiger partial charge in [0.1, 0.15) is 5.75 Å². The molecule has 7 heteroatoms. The number of carbonyl (C=O) groups excluding carboxylic acids is 2. The maximum Gasteiger partial charge on any atom is 0.271 e. The molecule has 0 radical (unpaired) electrons. The van der Waals surface area contributed by atoms with Crippen LogP contribution in [-0.4, -0.2) is 29.6 Å². The van der Waals surface area contributed by atoms with E-state index in [-0.39, 0.29) is 18.4 Å². The summed E-state index contributed by atoms with van der Waals surface area (Å²) in [4.78, 5) is 27.7. The second-order valence-corrected chi connectivity index (χ2v) is 6.21. The smallest absolute Gasteiger partial charge is 0.271 e. The van der Waals surface area contributed by atoms with E-state index in [1.54, 1.807) is 48.8 Å². The molecule has 3 rings (SSSR count). The lowest BCUT2D eigenvalue weighted by molar-refractivity contribution is -0.118. The van der Waals surface area contributed by atoms with Crippen molar-refractivity contribution < 1.29 is 14.3 Å². The normalized spacial score (nSPS) is 10.5. The maximum absolute atomic E-state index is 12.0. The van der Waals surface area contributed by atoms with Crippen molar-refractivity contribution in [1.82, 2.24) is 10.4 Å². The molecule has 0 atom stereocenters. The van der Waals surface area contributed by atoms with E-state index in [1.807, 2.05) is 31.2 Å². The molecule has 2 aromatic carbocycles. The standard InChI is InChI=1S/C22H20N4O3/c1-16-2-6-19(7-3-16)25-21(27)15-29-20-8-4-17(5-9-20)14-24-26-22(28)18-10-12-23-13-11-18/h2-14H,15H2,1H3,(H,25,27)(H,26,28)/b24-14+. The number of hydrazone groups is 1. The predicted octanol–water partition coefficient (Wildman–Crippen LogP) is 3.17. The van der Waals surface area contributed by atoms with Gasteiger partial charge in [-0.05, 0) is 61.0 Å². The average Bonchev–Trinajstić information content (AvgIpc) is 2.75. The van der Waals surface area contributed by atoms with Crippen molar-refractivity contribution in [1.29, 1.82) is 0 Å². The summed E-state index contributed by atoms with van der Waals surface area (Å²) in [6.07, 6.45) is 4.60. The molecule has 3 aromatic rings. The summed E-state index contributed by atoms with van der Waals surface area (Å²) in [5, 5.41) is 6.70. The van der Waals surface area contributed by atoms with Crippen LogP contribution in [0.5, 0.6) is 5.75 Å². The van der Waals surface area contributed by atoms with Crippen LogP contribution in [0.2, 0.25) is 0 Å². The average molecular weight is 388 g/mol. The number of anilines is 1. The Hall–Kier alpha value is -4.00. The van der Waals surface area contributed by atoms with Crippen molar-refractivity contribution in [2.75, 3.05) is 11.9 Å². The first-order valence-electron chi connectivity index (χ1n) is 8.93. The van der Waals surface area contributed by atoms with Crippen LogP contribution in [0.1, 0.15) is 21.5 Å². The van der Waals surface area contributed by atoms with Crippen LogP contribution in [0.25, 0.3) is 0 Å². The number of hydrogen-bond acceptors (Lipinski definition) is 5. The van der Waals surface area contributed by atoms with E-state index in [9.17, 15) is 9.59 Å². The predicted molar refractivity (Wildman–Crippen MR) is 111 cm³/mol. The van der Waals surface area contributed by atoms with Crippen LogP contribution in [0.3, 0.4) is 0 Å². The number of nitrogens with zero attached hydrogens (tertiary/aromatic N) is 2. The number of benzene rings is 2. The number of ether oxygens (including phenoxy) is 1. The third-order valence-electron chi connectivity index (χ3n) is 3.91. The topological polar surface area (TPSA) is 92.7 Å². The quantitative estimate of drug-likeness (QED) is 0.480. The lowest BCUT2D eigenvalue weighted by atomic mass is 10.2. The van der Waals surface area contributed by atoms with Gasteiger partial charge in [-0.25, -0.2) is 5.43 Å². The van der Waals surface area contributed by atoms with Gasteiger partial charge in [0.25, 0.3) is 11.8 Å². The maximum atomic E-state index is 12.0. The lowest BCUT2D eigenvalue weighted by Gasteiger charge is -2.08. The molecule has 2 amide bonds. The molecule has 0 unspecified atom stereocenters. The Balaban J connectivity index is 1.45. The number of pyridine rings is 1. The fourth-order valence-electron chi connectivity index (χ4n) is 2.37. The largest absolute Gasteiger partial charge is 0.484 e. The number of carbonyl (C=O) groups is 2. The molecule has 29 heavy (non-hydrogen) atoms. The second-order valence-electron chi connectivity index (χ2n) is 6.21. The van der Waals surface area contributed by atoms with Crippen molar-refractivity contribution in [2.45, 2.75) is 6.92 Å².